The zero-order valence-electron chi connectivity index (χ0n) is 13.5. The maximum Gasteiger partial charge on any atom is 0.407 e. The van der Waals surface area contributed by atoms with E-state index in [9.17, 15) is 13.2 Å². The highest BCUT2D eigenvalue weighted by atomic mass is 35.7. The fourth-order valence-corrected chi connectivity index (χ4v) is 3.06. The minimum absolute atomic E-state index is 0.212. The van der Waals surface area contributed by atoms with Crippen LogP contribution in [0.15, 0.2) is 12.1 Å². The molecule has 5 nitrogen and oxygen atoms in total. The highest BCUT2D eigenvalue weighted by molar-refractivity contribution is 8.13. The van der Waals surface area contributed by atoms with Crippen molar-refractivity contribution in [2.24, 2.45) is 0 Å². The molecule has 0 atom stereocenters. The first-order valence-corrected chi connectivity index (χ1v) is 9.33. The van der Waals surface area contributed by atoms with Crippen LogP contribution >= 0.6 is 10.7 Å². The van der Waals surface area contributed by atoms with Crippen LogP contribution in [0.3, 0.4) is 0 Å². The average Bonchev–Trinajstić information content (AvgIpc) is 2.22. The van der Waals surface area contributed by atoms with E-state index in [2.05, 4.69) is 5.32 Å². The Bertz CT molecular complexity index is 640. The second-order valence-electron chi connectivity index (χ2n) is 6.25. The van der Waals surface area contributed by atoms with Gasteiger partial charge in [-0.3, -0.25) is 0 Å². The summed E-state index contributed by atoms with van der Waals surface area (Å²) in [4.78, 5) is 11.7. The van der Waals surface area contributed by atoms with Crippen LogP contribution in [0.4, 0.5) is 4.79 Å². The highest BCUT2D eigenvalue weighted by Crippen LogP contribution is 2.19. The molecule has 0 radical (unpaired) electrons. The van der Waals surface area contributed by atoms with Gasteiger partial charge >= 0.3 is 6.09 Å². The van der Waals surface area contributed by atoms with Gasteiger partial charge in [-0.1, -0.05) is 12.1 Å². The lowest BCUT2D eigenvalue weighted by molar-refractivity contribution is 0.0523. The van der Waals surface area contributed by atoms with Crippen LogP contribution in [-0.2, 0) is 26.1 Å². The molecule has 22 heavy (non-hydrogen) atoms. The summed E-state index contributed by atoms with van der Waals surface area (Å²) in [6, 6.07) is 3.53. The number of alkyl carbamates (subject to hydrolysis) is 1. The van der Waals surface area contributed by atoms with E-state index in [1.54, 1.807) is 32.9 Å². The molecule has 0 bridgehead atoms. The third-order valence-electron chi connectivity index (χ3n) is 2.90. The Morgan fingerprint density at radius 3 is 2.14 bits per heavy atom. The Balaban J connectivity index is 2.83. The Morgan fingerprint density at radius 1 is 1.23 bits per heavy atom. The van der Waals surface area contributed by atoms with E-state index in [0.717, 1.165) is 16.7 Å². The molecule has 0 heterocycles. The predicted octanol–water partition coefficient (Wildman–Crippen LogP) is 3.40. The largest absolute Gasteiger partial charge is 0.444 e. The van der Waals surface area contributed by atoms with Crippen LogP contribution in [0.1, 0.15) is 43.0 Å². The molecule has 0 unspecified atom stereocenters. The van der Waals surface area contributed by atoms with Gasteiger partial charge in [0.25, 0.3) is 0 Å². The van der Waals surface area contributed by atoms with E-state index in [-0.39, 0.29) is 5.75 Å². The number of carbonyl (C=O) groups excluding carboxylic acids is 1. The molecule has 0 spiro atoms. The summed E-state index contributed by atoms with van der Waals surface area (Å²) in [5.41, 5.74) is 2.80. The maximum absolute atomic E-state index is 11.7. The van der Waals surface area contributed by atoms with Crippen molar-refractivity contribution in [2.45, 2.75) is 52.5 Å². The number of amides is 1. The summed E-state index contributed by atoms with van der Waals surface area (Å²) >= 11 is 0. The van der Waals surface area contributed by atoms with Gasteiger partial charge in [-0.25, -0.2) is 13.2 Å². The second-order valence-corrected chi connectivity index (χ2v) is 9.02. The van der Waals surface area contributed by atoms with E-state index < -0.39 is 20.7 Å². The zero-order chi connectivity index (χ0) is 17.1. The third kappa shape index (κ3) is 6.66. The van der Waals surface area contributed by atoms with Gasteiger partial charge < -0.3 is 10.1 Å². The molecular formula is C15H22ClNO4S. The smallest absolute Gasteiger partial charge is 0.407 e. The topological polar surface area (TPSA) is 72.5 Å². The number of ether oxygens (including phenoxy) is 1. The molecule has 0 aliphatic rings. The van der Waals surface area contributed by atoms with Crippen LogP contribution in [-0.4, -0.2) is 20.1 Å². The molecule has 1 amide bonds. The Kier molecular flexibility index (Phi) is 5.87. The number of carbonyl (C=O) groups is 1. The molecule has 1 rings (SSSR count). The highest BCUT2D eigenvalue weighted by Gasteiger charge is 2.17. The van der Waals surface area contributed by atoms with Gasteiger partial charge in [0.1, 0.15) is 5.60 Å². The van der Waals surface area contributed by atoms with Crippen molar-refractivity contribution in [3.63, 3.8) is 0 Å². The number of benzene rings is 1. The number of hydrogen-bond acceptors (Lipinski definition) is 4. The number of nitrogens with one attached hydrogen (secondary N) is 1. The van der Waals surface area contributed by atoms with Gasteiger partial charge in [-0.2, -0.15) is 0 Å². The number of rotatable bonds is 4. The normalized spacial score (nSPS) is 12.1. The molecule has 124 valence electrons. The van der Waals surface area contributed by atoms with Crippen LogP contribution < -0.4 is 5.32 Å². The lowest BCUT2D eigenvalue weighted by Crippen LogP contribution is -2.32. The predicted molar refractivity (Wildman–Crippen MR) is 87.5 cm³/mol. The quantitative estimate of drug-likeness (QED) is 0.847. The molecule has 1 N–H and O–H groups in total. The fourth-order valence-electron chi connectivity index (χ4n) is 2.12. The summed E-state index contributed by atoms with van der Waals surface area (Å²) in [6.07, 6.45) is -0.487. The summed E-state index contributed by atoms with van der Waals surface area (Å²) in [5, 5.41) is 2.70. The maximum atomic E-state index is 11.7. The molecule has 0 aliphatic carbocycles. The van der Waals surface area contributed by atoms with Crippen LogP contribution in [0.2, 0.25) is 0 Å². The van der Waals surface area contributed by atoms with Gasteiger partial charge in [-0.15, -0.1) is 0 Å². The summed E-state index contributed by atoms with van der Waals surface area (Å²) < 4.78 is 27.5. The van der Waals surface area contributed by atoms with Gasteiger partial charge in [0, 0.05) is 17.2 Å². The standard InChI is InChI=1S/C15H22ClNO4S/c1-10-6-12(9-22(16,19)20)7-11(2)13(10)8-17-14(18)21-15(3,4)5/h6-7H,8-9H2,1-5H3,(H,17,18). The fraction of sp³-hybridized carbons (Fsp3) is 0.533. The number of halogens is 1. The number of hydrogen-bond donors (Lipinski definition) is 1. The monoisotopic (exact) mass is 347 g/mol. The first-order chi connectivity index (χ1) is 9.87. The van der Waals surface area contributed by atoms with Crippen LogP contribution in [0, 0.1) is 13.8 Å². The van der Waals surface area contributed by atoms with Crippen molar-refractivity contribution in [3.8, 4) is 0 Å². The molecular weight excluding hydrogens is 326 g/mol. The van der Waals surface area contributed by atoms with E-state index in [1.807, 2.05) is 13.8 Å². The molecule has 1 aromatic carbocycles. The summed E-state index contributed by atoms with van der Waals surface area (Å²) in [6.45, 7) is 9.44. The second kappa shape index (κ2) is 6.87. The minimum atomic E-state index is -3.59. The van der Waals surface area contributed by atoms with E-state index in [4.69, 9.17) is 15.4 Å². The van der Waals surface area contributed by atoms with Gasteiger partial charge in [-0.05, 0) is 56.9 Å². The average molecular weight is 348 g/mol. The Labute approximate surface area is 136 Å². The van der Waals surface area contributed by atoms with Crippen LogP contribution in [0.25, 0.3) is 0 Å². The molecule has 0 aromatic heterocycles. The first-order valence-electron chi connectivity index (χ1n) is 6.85. The van der Waals surface area contributed by atoms with E-state index in [1.165, 1.54) is 0 Å². The SMILES string of the molecule is Cc1cc(CS(=O)(=O)Cl)cc(C)c1CNC(=O)OC(C)(C)C. The summed E-state index contributed by atoms with van der Waals surface area (Å²) in [5.74, 6) is -0.212. The molecule has 1 aromatic rings. The lowest BCUT2D eigenvalue weighted by Gasteiger charge is -2.20. The van der Waals surface area contributed by atoms with Crippen molar-refractivity contribution < 1.29 is 17.9 Å². The van der Waals surface area contributed by atoms with Gasteiger partial charge in [0.15, 0.2) is 0 Å². The molecule has 0 saturated heterocycles. The number of aryl methyl sites for hydroxylation is 2. The van der Waals surface area contributed by atoms with Crippen molar-refractivity contribution in [1.82, 2.24) is 5.32 Å². The molecule has 0 saturated carbocycles. The van der Waals surface area contributed by atoms with Gasteiger partial charge in [0.05, 0.1) is 5.75 Å². The van der Waals surface area contributed by atoms with E-state index >= 15 is 0 Å². The van der Waals surface area contributed by atoms with Crippen molar-refractivity contribution in [2.75, 3.05) is 0 Å². The summed E-state index contributed by atoms with van der Waals surface area (Å²) in [7, 11) is 1.69. The van der Waals surface area contributed by atoms with Gasteiger partial charge in [0.2, 0.25) is 9.05 Å². The molecule has 0 fully saturated rings. The van der Waals surface area contributed by atoms with Crippen molar-refractivity contribution >= 4 is 25.8 Å². The van der Waals surface area contributed by atoms with Crippen molar-refractivity contribution in [1.29, 1.82) is 0 Å². The third-order valence-corrected chi connectivity index (χ3v) is 3.91. The van der Waals surface area contributed by atoms with Crippen LogP contribution in [0.5, 0.6) is 0 Å². The lowest BCUT2D eigenvalue weighted by atomic mass is 10.00. The van der Waals surface area contributed by atoms with Crippen molar-refractivity contribution in [3.05, 3.63) is 34.4 Å². The Hall–Kier alpha value is -1.27. The molecule has 0 aliphatic heterocycles. The molecule has 7 heteroatoms. The first kappa shape index (κ1) is 18.8. The zero-order valence-corrected chi connectivity index (χ0v) is 15.1. The minimum Gasteiger partial charge on any atom is -0.444 e. The van der Waals surface area contributed by atoms with E-state index in [0.29, 0.717) is 12.1 Å². The Morgan fingerprint density at radius 2 is 1.73 bits per heavy atom.